The second kappa shape index (κ2) is 6.40. The maximum Gasteiger partial charge on any atom is 0.221 e. The van der Waals surface area contributed by atoms with E-state index in [9.17, 15) is 4.79 Å². The molecule has 3 nitrogen and oxygen atoms in total. The van der Waals surface area contributed by atoms with Crippen LogP contribution in [-0.2, 0) is 17.8 Å². The molecule has 0 atom stereocenters. The molecule has 1 rings (SSSR count). The molecule has 0 spiro atoms. The zero-order valence-corrected chi connectivity index (χ0v) is 9.55. The number of hydrogen-bond donors (Lipinski definition) is 1. The lowest BCUT2D eigenvalue weighted by Gasteiger charge is -2.07. The Labute approximate surface area is 94.9 Å². The van der Waals surface area contributed by atoms with Crippen molar-refractivity contribution in [1.82, 2.24) is 10.3 Å². The number of hydrogen-bond acceptors (Lipinski definition) is 2. The molecular formula is C11H15ClN2O. The van der Waals surface area contributed by atoms with Crippen LogP contribution >= 0.6 is 11.6 Å². The van der Waals surface area contributed by atoms with Crippen LogP contribution in [0, 0.1) is 0 Å². The number of aromatic nitrogens is 1. The molecule has 0 aliphatic carbocycles. The van der Waals surface area contributed by atoms with Crippen molar-refractivity contribution in [3.8, 4) is 0 Å². The molecule has 82 valence electrons. The van der Waals surface area contributed by atoms with Gasteiger partial charge in [0.15, 0.2) is 0 Å². The summed E-state index contributed by atoms with van der Waals surface area (Å²) in [6.45, 7) is 2.56. The van der Waals surface area contributed by atoms with E-state index in [0.717, 1.165) is 12.1 Å². The van der Waals surface area contributed by atoms with Gasteiger partial charge in [0.1, 0.15) is 0 Å². The van der Waals surface area contributed by atoms with Crippen molar-refractivity contribution in [1.29, 1.82) is 0 Å². The summed E-state index contributed by atoms with van der Waals surface area (Å²) in [5.41, 5.74) is 2.10. The van der Waals surface area contributed by atoms with Crippen LogP contribution < -0.4 is 5.32 Å². The highest BCUT2D eigenvalue weighted by molar-refractivity contribution is 6.18. The summed E-state index contributed by atoms with van der Waals surface area (Å²) in [5, 5.41) is 2.79. The minimum Gasteiger partial charge on any atom is -0.350 e. The number of carbonyl (C=O) groups excluding carboxylic acids is 1. The molecule has 0 unspecified atom stereocenters. The van der Waals surface area contributed by atoms with E-state index in [-0.39, 0.29) is 5.91 Å². The van der Waals surface area contributed by atoms with Crippen LogP contribution in [0.15, 0.2) is 18.3 Å². The third kappa shape index (κ3) is 3.88. The van der Waals surface area contributed by atoms with Gasteiger partial charge in [0.2, 0.25) is 5.91 Å². The third-order valence-corrected chi connectivity index (χ3v) is 2.33. The second-order valence-corrected chi connectivity index (χ2v) is 3.56. The molecule has 4 heteroatoms. The molecule has 0 aliphatic heterocycles. The Bertz CT molecular complexity index is 328. The highest BCUT2D eigenvalue weighted by atomic mass is 35.5. The lowest BCUT2D eigenvalue weighted by atomic mass is 10.1. The number of alkyl halides is 1. The zero-order valence-electron chi connectivity index (χ0n) is 8.79. The summed E-state index contributed by atoms with van der Waals surface area (Å²) in [7, 11) is 0. The average molecular weight is 227 g/mol. The van der Waals surface area contributed by atoms with E-state index in [4.69, 9.17) is 11.6 Å². The zero-order chi connectivity index (χ0) is 11.1. The van der Waals surface area contributed by atoms with Crippen molar-refractivity contribution >= 4 is 17.5 Å². The van der Waals surface area contributed by atoms with Gasteiger partial charge in [-0.25, -0.2) is 0 Å². The van der Waals surface area contributed by atoms with E-state index in [2.05, 4.69) is 17.2 Å². The molecule has 1 amide bonds. The van der Waals surface area contributed by atoms with Gasteiger partial charge in [-0.05, 0) is 18.1 Å². The minimum atomic E-state index is -0.0299. The molecule has 1 aromatic heterocycles. The van der Waals surface area contributed by atoms with E-state index in [0.29, 0.717) is 18.8 Å². The molecule has 0 saturated carbocycles. The van der Waals surface area contributed by atoms with Crippen molar-refractivity contribution in [2.45, 2.75) is 26.3 Å². The van der Waals surface area contributed by atoms with Gasteiger partial charge in [0.25, 0.3) is 0 Å². The highest BCUT2D eigenvalue weighted by Crippen LogP contribution is 2.05. The molecule has 15 heavy (non-hydrogen) atoms. The van der Waals surface area contributed by atoms with Crippen molar-refractivity contribution in [2.75, 3.05) is 5.88 Å². The number of halogens is 1. The first-order valence-corrected chi connectivity index (χ1v) is 5.56. The van der Waals surface area contributed by atoms with Crippen LogP contribution in [0.1, 0.15) is 24.6 Å². The van der Waals surface area contributed by atoms with Crippen LogP contribution in [0.4, 0.5) is 0 Å². The number of carbonyl (C=O) groups is 1. The van der Waals surface area contributed by atoms with Gasteiger partial charge in [-0.2, -0.15) is 0 Å². The van der Waals surface area contributed by atoms with Gasteiger partial charge in [0.05, 0.1) is 12.2 Å². The molecular weight excluding hydrogens is 212 g/mol. The Hall–Kier alpha value is -1.09. The van der Waals surface area contributed by atoms with Crippen molar-refractivity contribution in [3.05, 3.63) is 29.6 Å². The maximum absolute atomic E-state index is 11.2. The van der Waals surface area contributed by atoms with Crippen LogP contribution in [0.3, 0.4) is 0 Å². The van der Waals surface area contributed by atoms with Crippen molar-refractivity contribution < 1.29 is 4.79 Å². The molecule has 0 bridgehead atoms. The summed E-state index contributed by atoms with van der Waals surface area (Å²) < 4.78 is 0. The molecule has 0 aliphatic rings. The van der Waals surface area contributed by atoms with Crippen molar-refractivity contribution in [2.24, 2.45) is 0 Å². The first-order valence-electron chi connectivity index (χ1n) is 5.03. The monoisotopic (exact) mass is 226 g/mol. The van der Waals surface area contributed by atoms with Crippen LogP contribution in [0.25, 0.3) is 0 Å². The number of aryl methyl sites for hydroxylation is 1. The minimum absolute atomic E-state index is 0.0299. The largest absolute Gasteiger partial charge is 0.350 e. The second-order valence-electron chi connectivity index (χ2n) is 3.18. The molecule has 0 saturated heterocycles. The third-order valence-electron chi connectivity index (χ3n) is 2.14. The first-order chi connectivity index (χ1) is 7.27. The quantitative estimate of drug-likeness (QED) is 0.780. The van der Waals surface area contributed by atoms with Crippen molar-refractivity contribution in [3.63, 3.8) is 0 Å². The maximum atomic E-state index is 11.2. The summed E-state index contributed by atoms with van der Waals surface area (Å²) >= 11 is 5.46. The van der Waals surface area contributed by atoms with Gasteiger partial charge < -0.3 is 5.32 Å². The fraction of sp³-hybridized carbons (Fsp3) is 0.455. The van der Waals surface area contributed by atoms with E-state index in [1.165, 1.54) is 5.56 Å². The van der Waals surface area contributed by atoms with Gasteiger partial charge in [-0.15, -0.1) is 11.6 Å². The average Bonchev–Trinajstić information content (AvgIpc) is 2.27. The first kappa shape index (κ1) is 12.0. The smallest absolute Gasteiger partial charge is 0.221 e. The SMILES string of the molecule is CCc1cccnc1CNC(=O)CCCl. The molecule has 1 N–H and O–H groups in total. The number of nitrogens with zero attached hydrogens (tertiary/aromatic N) is 1. The Morgan fingerprint density at radius 2 is 2.40 bits per heavy atom. The number of rotatable bonds is 5. The predicted octanol–water partition coefficient (Wildman–Crippen LogP) is 1.89. The highest BCUT2D eigenvalue weighted by Gasteiger charge is 2.03. The summed E-state index contributed by atoms with van der Waals surface area (Å²) in [4.78, 5) is 15.4. The van der Waals surface area contributed by atoms with E-state index in [1.807, 2.05) is 12.1 Å². The summed E-state index contributed by atoms with van der Waals surface area (Å²) in [6, 6.07) is 3.93. The molecule has 1 aromatic rings. The lowest BCUT2D eigenvalue weighted by molar-refractivity contribution is -0.120. The van der Waals surface area contributed by atoms with Gasteiger partial charge in [-0.3, -0.25) is 9.78 Å². The van der Waals surface area contributed by atoms with Crippen LogP contribution in [0.2, 0.25) is 0 Å². The topological polar surface area (TPSA) is 42.0 Å². The normalized spacial score (nSPS) is 10.0. The van der Waals surface area contributed by atoms with E-state index >= 15 is 0 Å². The van der Waals surface area contributed by atoms with Gasteiger partial charge in [-0.1, -0.05) is 13.0 Å². The lowest BCUT2D eigenvalue weighted by Crippen LogP contribution is -2.23. The number of nitrogens with one attached hydrogen (secondary N) is 1. The Balaban J connectivity index is 2.53. The fourth-order valence-corrected chi connectivity index (χ4v) is 1.48. The molecule has 0 aromatic carbocycles. The standard InChI is InChI=1S/C11H15ClN2O/c1-2-9-4-3-7-13-10(9)8-14-11(15)5-6-12/h3-4,7H,2,5-6,8H2,1H3,(H,14,15). The summed E-state index contributed by atoms with van der Waals surface area (Å²) in [5.74, 6) is 0.326. The summed E-state index contributed by atoms with van der Waals surface area (Å²) in [6.07, 6.45) is 3.02. The van der Waals surface area contributed by atoms with Gasteiger partial charge >= 0.3 is 0 Å². The fourth-order valence-electron chi connectivity index (χ4n) is 1.31. The van der Waals surface area contributed by atoms with Crippen LogP contribution in [0.5, 0.6) is 0 Å². The van der Waals surface area contributed by atoms with Gasteiger partial charge in [0, 0.05) is 18.5 Å². The Morgan fingerprint density at radius 3 is 3.07 bits per heavy atom. The number of pyridine rings is 1. The number of amides is 1. The Morgan fingerprint density at radius 1 is 1.60 bits per heavy atom. The molecule has 1 heterocycles. The van der Waals surface area contributed by atoms with E-state index < -0.39 is 0 Å². The molecule has 0 fully saturated rings. The molecule has 0 radical (unpaired) electrons. The van der Waals surface area contributed by atoms with E-state index in [1.54, 1.807) is 6.20 Å². The predicted molar refractivity (Wildman–Crippen MR) is 60.8 cm³/mol. The van der Waals surface area contributed by atoms with Crippen LogP contribution in [-0.4, -0.2) is 16.8 Å². The Kier molecular flexibility index (Phi) is 5.12.